The van der Waals surface area contributed by atoms with Crippen LogP contribution in [-0.2, 0) is 4.74 Å². The molecule has 0 aromatic carbocycles. The lowest BCUT2D eigenvalue weighted by Crippen LogP contribution is -2.42. The molecule has 1 amide bonds. The second-order valence-corrected chi connectivity index (χ2v) is 6.64. The minimum absolute atomic E-state index is 0.189. The first-order valence-corrected chi connectivity index (χ1v) is 8.45. The van der Waals surface area contributed by atoms with Gasteiger partial charge in [-0.3, -0.25) is 4.99 Å². The minimum Gasteiger partial charge on any atom is -0.450 e. The number of hydrogen-bond donors (Lipinski definition) is 1. The van der Waals surface area contributed by atoms with Gasteiger partial charge in [-0.05, 0) is 33.1 Å². The van der Waals surface area contributed by atoms with Crippen molar-refractivity contribution in [2.75, 3.05) is 25.4 Å². The molecule has 0 aromatic rings. The zero-order chi connectivity index (χ0) is 14.6. The first-order valence-electron chi connectivity index (χ1n) is 7.47. The van der Waals surface area contributed by atoms with E-state index in [9.17, 15) is 4.79 Å². The van der Waals surface area contributed by atoms with E-state index in [1.54, 1.807) is 4.90 Å². The molecular weight excluding hydrogens is 274 g/mol. The maximum atomic E-state index is 11.6. The van der Waals surface area contributed by atoms with E-state index in [4.69, 9.17) is 9.73 Å². The third-order valence-corrected chi connectivity index (χ3v) is 5.27. The average molecular weight is 299 g/mol. The van der Waals surface area contributed by atoms with Crippen molar-refractivity contribution in [1.82, 2.24) is 10.2 Å². The molecule has 1 unspecified atom stereocenters. The van der Waals surface area contributed by atoms with E-state index >= 15 is 0 Å². The number of ether oxygens (including phenoxy) is 1. The Morgan fingerprint density at radius 2 is 2.20 bits per heavy atom. The van der Waals surface area contributed by atoms with Crippen molar-refractivity contribution in [1.29, 1.82) is 0 Å². The summed E-state index contributed by atoms with van der Waals surface area (Å²) < 4.78 is 5.03. The van der Waals surface area contributed by atoms with Crippen LogP contribution in [0, 0.1) is 0 Å². The Kier molecular flexibility index (Phi) is 5.18. The molecule has 0 radical (unpaired) electrons. The summed E-state index contributed by atoms with van der Waals surface area (Å²) in [5, 5.41) is 4.60. The maximum absolute atomic E-state index is 11.6. The molecule has 0 aromatic heterocycles. The highest BCUT2D eigenvalue weighted by Crippen LogP contribution is 2.27. The van der Waals surface area contributed by atoms with Gasteiger partial charge in [-0.15, -0.1) is 0 Å². The number of carbonyl (C=O) groups excluding carboxylic acids is 1. The molecule has 2 aliphatic heterocycles. The molecule has 2 rings (SSSR count). The second-order valence-electron chi connectivity index (χ2n) is 5.68. The van der Waals surface area contributed by atoms with Crippen molar-refractivity contribution in [2.24, 2.45) is 4.99 Å². The Bertz CT molecular complexity index is 381. The van der Waals surface area contributed by atoms with E-state index in [-0.39, 0.29) is 11.6 Å². The highest BCUT2D eigenvalue weighted by molar-refractivity contribution is 8.14. The van der Waals surface area contributed by atoms with Crippen LogP contribution in [0.4, 0.5) is 4.79 Å². The maximum Gasteiger partial charge on any atom is 0.409 e. The summed E-state index contributed by atoms with van der Waals surface area (Å²) in [6, 6.07) is 0.329. The number of amidine groups is 1. The molecule has 0 spiro atoms. The summed E-state index contributed by atoms with van der Waals surface area (Å²) in [6.07, 6.45) is 2.77. The van der Waals surface area contributed by atoms with Gasteiger partial charge in [-0.2, -0.15) is 0 Å². The third kappa shape index (κ3) is 3.81. The van der Waals surface area contributed by atoms with Crippen LogP contribution in [-0.4, -0.2) is 53.2 Å². The Morgan fingerprint density at radius 1 is 1.50 bits per heavy atom. The van der Waals surface area contributed by atoms with Crippen molar-refractivity contribution in [3.8, 4) is 0 Å². The summed E-state index contributed by atoms with van der Waals surface area (Å²) in [7, 11) is 0. The van der Waals surface area contributed by atoms with Gasteiger partial charge in [0.2, 0.25) is 0 Å². The molecule has 20 heavy (non-hydrogen) atoms. The Morgan fingerprint density at radius 3 is 2.75 bits per heavy atom. The second kappa shape index (κ2) is 6.70. The van der Waals surface area contributed by atoms with Crippen LogP contribution < -0.4 is 5.32 Å². The van der Waals surface area contributed by atoms with Gasteiger partial charge >= 0.3 is 6.09 Å². The van der Waals surface area contributed by atoms with Crippen LogP contribution in [0.3, 0.4) is 0 Å². The van der Waals surface area contributed by atoms with Crippen LogP contribution in [0.2, 0.25) is 0 Å². The predicted molar refractivity (Wildman–Crippen MR) is 83.3 cm³/mol. The smallest absolute Gasteiger partial charge is 0.409 e. The lowest BCUT2D eigenvalue weighted by atomic mass is 10.0. The number of nitrogens with zero attached hydrogens (tertiary/aromatic N) is 2. The van der Waals surface area contributed by atoms with Crippen molar-refractivity contribution in [3.63, 3.8) is 0 Å². The lowest BCUT2D eigenvalue weighted by Gasteiger charge is -2.29. The monoisotopic (exact) mass is 299 g/mol. The molecule has 5 nitrogen and oxygen atoms in total. The summed E-state index contributed by atoms with van der Waals surface area (Å²) in [5.41, 5.74) is 0.190. The quantitative estimate of drug-likeness (QED) is 0.870. The highest BCUT2D eigenvalue weighted by Gasteiger charge is 2.31. The molecule has 0 bridgehead atoms. The van der Waals surface area contributed by atoms with Crippen molar-refractivity contribution < 1.29 is 9.53 Å². The number of rotatable bonds is 3. The van der Waals surface area contributed by atoms with Gasteiger partial charge in [-0.25, -0.2) is 4.79 Å². The summed E-state index contributed by atoms with van der Waals surface area (Å²) >= 11 is 1.82. The highest BCUT2D eigenvalue weighted by atomic mass is 32.2. The Balaban J connectivity index is 1.82. The number of piperidine rings is 1. The number of likely N-dealkylation sites (tertiary alicyclic amines) is 1. The molecule has 2 saturated heterocycles. The summed E-state index contributed by atoms with van der Waals surface area (Å²) in [4.78, 5) is 18.2. The number of carbonyl (C=O) groups is 1. The molecule has 2 fully saturated rings. The van der Waals surface area contributed by atoms with Crippen molar-refractivity contribution in [2.45, 2.75) is 51.6 Å². The fraction of sp³-hybridized carbons (Fsp3) is 0.857. The van der Waals surface area contributed by atoms with E-state index in [1.807, 2.05) is 18.7 Å². The van der Waals surface area contributed by atoms with E-state index in [0.717, 1.165) is 43.3 Å². The fourth-order valence-corrected chi connectivity index (χ4v) is 3.65. The van der Waals surface area contributed by atoms with Gasteiger partial charge < -0.3 is 15.0 Å². The van der Waals surface area contributed by atoms with Gasteiger partial charge in [0, 0.05) is 24.4 Å². The molecule has 0 aliphatic carbocycles. The zero-order valence-corrected chi connectivity index (χ0v) is 13.5. The first-order chi connectivity index (χ1) is 9.56. The third-order valence-electron chi connectivity index (χ3n) is 4.01. The van der Waals surface area contributed by atoms with Crippen LogP contribution in [0.15, 0.2) is 4.99 Å². The summed E-state index contributed by atoms with van der Waals surface area (Å²) in [6.45, 7) is 8.22. The molecule has 1 N–H and O–H groups in total. The average Bonchev–Trinajstić information content (AvgIpc) is 2.82. The number of aliphatic imine (C=N–C) groups is 1. The predicted octanol–water partition coefficient (Wildman–Crippen LogP) is 2.47. The number of thioether (sulfide) groups is 1. The molecular formula is C14H25N3O2S. The van der Waals surface area contributed by atoms with Gasteiger partial charge in [-0.1, -0.05) is 18.7 Å². The Labute approximate surface area is 125 Å². The number of nitrogens with one attached hydrogen (secondary N) is 1. The lowest BCUT2D eigenvalue weighted by molar-refractivity contribution is 0.0975. The van der Waals surface area contributed by atoms with Crippen LogP contribution in [0.1, 0.15) is 40.0 Å². The van der Waals surface area contributed by atoms with Gasteiger partial charge in [0.05, 0.1) is 12.6 Å². The molecule has 0 saturated carbocycles. The van der Waals surface area contributed by atoms with E-state index < -0.39 is 0 Å². The van der Waals surface area contributed by atoms with Crippen molar-refractivity contribution >= 4 is 23.0 Å². The SMILES string of the molecule is CCOC(=O)N1CCC(N=C2NC(C)(CC)CS2)CC1. The molecule has 114 valence electrons. The van der Waals surface area contributed by atoms with Gasteiger partial charge in [0.15, 0.2) is 5.17 Å². The standard InChI is InChI=1S/C14H25N3O2S/c1-4-14(3)10-20-12(16-14)15-11-6-8-17(9-7-11)13(18)19-5-2/h11H,4-10H2,1-3H3,(H,15,16). The van der Waals surface area contributed by atoms with Gasteiger partial charge in [0.25, 0.3) is 0 Å². The van der Waals surface area contributed by atoms with Crippen LogP contribution in [0.5, 0.6) is 0 Å². The summed E-state index contributed by atoms with van der Waals surface area (Å²) in [5.74, 6) is 1.09. The van der Waals surface area contributed by atoms with Crippen molar-refractivity contribution in [3.05, 3.63) is 0 Å². The largest absolute Gasteiger partial charge is 0.450 e. The van der Waals surface area contributed by atoms with E-state index in [1.165, 1.54) is 0 Å². The van der Waals surface area contributed by atoms with Gasteiger partial charge in [0.1, 0.15) is 0 Å². The fourth-order valence-electron chi connectivity index (χ4n) is 2.38. The zero-order valence-electron chi connectivity index (χ0n) is 12.6. The van der Waals surface area contributed by atoms with E-state index in [2.05, 4.69) is 19.2 Å². The number of hydrogen-bond acceptors (Lipinski definition) is 4. The van der Waals surface area contributed by atoms with Crippen LogP contribution >= 0.6 is 11.8 Å². The molecule has 1 atom stereocenters. The first kappa shape index (κ1) is 15.5. The normalized spacial score (nSPS) is 29.6. The molecule has 2 aliphatic rings. The number of amides is 1. The Hall–Kier alpha value is -0.910. The van der Waals surface area contributed by atoms with Crippen LogP contribution in [0.25, 0.3) is 0 Å². The topological polar surface area (TPSA) is 53.9 Å². The molecule has 2 heterocycles. The molecule has 6 heteroatoms. The van der Waals surface area contributed by atoms with E-state index in [0.29, 0.717) is 12.6 Å². The minimum atomic E-state index is -0.189.